The summed E-state index contributed by atoms with van der Waals surface area (Å²) in [6, 6.07) is 6.76. The van der Waals surface area contributed by atoms with E-state index in [1.165, 1.54) is 11.3 Å². The minimum absolute atomic E-state index is 0.378. The number of nitrogens with two attached hydrogens (primary N) is 1. The van der Waals surface area contributed by atoms with Crippen molar-refractivity contribution in [2.75, 3.05) is 17.7 Å². The van der Waals surface area contributed by atoms with E-state index in [9.17, 15) is 9.59 Å². The van der Waals surface area contributed by atoms with Crippen LogP contribution in [0, 0.1) is 5.92 Å². The molecule has 2 rings (SSSR count). The van der Waals surface area contributed by atoms with Crippen molar-refractivity contribution in [3.63, 3.8) is 0 Å². The van der Waals surface area contributed by atoms with Gasteiger partial charge in [0.1, 0.15) is 5.00 Å². The molecule has 164 valence electrons. The standard InChI is InChI=1S/C22H31ClN4O2S/c1-6-7-17-18(12-27(5)14(4)13(2)3)30-21(19(17)20(24)28)26-22(29)25-16-10-8-15(23)9-11-16/h8-11,13-14H,6-7,12H2,1-5H3,(H2,24,28)(H2,25,26,29). The molecule has 1 unspecified atom stereocenters. The number of urea groups is 1. The second kappa shape index (κ2) is 10.8. The third kappa shape index (κ3) is 6.20. The van der Waals surface area contributed by atoms with Crippen LogP contribution in [0.15, 0.2) is 24.3 Å². The van der Waals surface area contributed by atoms with Gasteiger partial charge in [0.15, 0.2) is 0 Å². The zero-order valence-corrected chi connectivity index (χ0v) is 19.8. The first-order valence-electron chi connectivity index (χ1n) is 10.1. The fourth-order valence-corrected chi connectivity index (χ4v) is 4.62. The lowest BCUT2D eigenvalue weighted by molar-refractivity contribution is 0.100. The maximum Gasteiger partial charge on any atom is 0.324 e. The van der Waals surface area contributed by atoms with Crippen molar-refractivity contribution < 1.29 is 9.59 Å². The van der Waals surface area contributed by atoms with Gasteiger partial charge in [0.05, 0.1) is 5.56 Å². The number of carbonyl (C=O) groups is 2. The zero-order valence-electron chi connectivity index (χ0n) is 18.2. The third-order valence-electron chi connectivity index (χ3n) is 5.22. The number of anilines is 2. The highest BCUT2D eigenvalue weighted by molar-refractivity contribution is 7.17. The van der Waals surface area contributed by atoms with Gasteiger partial charge in [-0.05, 0) is 56.1 Å². The average Bonchev–Trinajstić information content (AvgIpc) is 2.99. The Morgan fingerprint density at radius 1 is 1.17 bits per heavy atom. The number of primary amides is 1. The molecule has 0 aliphatic rings. The fraction of sp³-hybridized carbons (Fsp3) is 0.455. The second-order valence-electron chi connectivity index (χ2n) is 7.81. The summed E-state index contributed by atoms with van der Waals surface area (Å²) in [4.78, 5) is 28.1. The van der Waals surface area contributed by atoms with Gasteiger partial charge >= 0.3 is 6.03 Å². The Morgan fingerprint density at radius 2 is 1.80 bits per heavy atom. The fourth-order valence-electron chi connectivity index (χ4n) is 3.18. The van der Waals surface area contributed by atoms with E-state index in [1.54, 1.807) is 24.3 Å². The molecule has 2 aromatic rings. The number of hydrogen-bond acceptors (Lipinski definition) is 4. The Labute approximate surface area is 187 Å². The summed E-state index contributed by atoms with van der Waals surface area (Å²) in [5.41, 5.74) is 7.66. The lowest BCUT2D eigenvalue weighted by Gasteiger charge is -2.27. The van der Waals surface area contributed by atoms with Gasteiger partial charge in [0.25, 0.3) is 5.91 Å². The minimum Gasteiger partial charge on any atom is -0.365 e. The molecule has 8 heteroatoms. The monoisotopic (exact) mass is 450 g/mol. The summed E-state index contributed by atoms with van der Waals surface area (Å²) in [7, 11) is 2.07. The topological polar surface area (TPSA) is 87.5 Å². The van der Waals surface area contributed by atoms with Crippen LogP contribution in [-0.4, -0.2) is 29.9 Å². The summed E-state index contributed by atoms with van der Waals surface area (Å²) in [6.07, 6.45) is 1.61. The van der Waals surface area contributed by atoms with Crippen molar-refractivity contribution in [2.24, 2.45) is 11.7 Å². The number of thiophene rings is 1. The number of rotatable bonds is 9. The third-order valence-corrected chi connectivity index (χ3v) is 6.60. The van der Waals surface area contributed by atoms with E-state index in [0.29, 0.717) is 39.8 Å². The van der Waals surface area contributed by atoms with E-state index in [2.05, 4.69) is 50.3 Å². The molecule has 4 N–H and O–H groups in total. The molecule has 0 radical (unpaired) electrons. The first-order valence-corrected chi connectivity index (χ1v) is 11.3. The van der Waals surface area contributed by atoms with Crippen LogP contribution in [0.2, 0.25) is 5.02 Å². The maximum absolute atomic E-state index is 12.5. The van der Waals surface area contributed by atoms with Crippen LogP contribution in [0.3, 0.4) is 0 Å². The Bertz CT molecular complexity index is 880. The van der Waals surface area contributed by atoms with Gasteiger partial charge in [-0.2, -0.15) is 0 Å². The van der Waals surface area contributed by atoms with Gasteiger partial charge in [0.2, 0.25) is 0 Å². The Kier molecular flexibility index (Phi) is 8.70. The molecule has 0 bridgehead atoms. The van der Waals surface area contributed by atoms with Crippen LogP contribution in [-0.2, 0) is 13.0 Å². The quantitative estimate of drug-likeness (QED) is 0.466. The van der Waals surface area contributed by atoms with Crippen molar-refractivity contribution in [3.8, 4) is 0 Å². The van der Waals surface area contributed by atoms with E-state index in [4.69, 9.17) is 17.3 Å². The molecular weight excluding hydrogens is 420 g/mol. The van der Waals surface area contributed by atoms with Crippen molar-refractivity contribution in [1.82, 2.24) is 4.90 Å². The molecule has 1 aromatic heterocycles. The highest BCUT2D eigenvalue weighted by atomic mass is 35.5. The normalized spacial score (nSPS) is 12.3. The average molecular weight is 451 g/mol. The van der Waals surface area contributed by atoms with E-state index in [1.807, 2.05) is 0 Å². The molecule has 1 aromatic carbocycles. The summed E-state index contributed by atoms with van der Waals surface area (Å²) >= 11 is 7.30. The van der Waals surface area contributed by atoms with Gasteiger partial charge in [-0.3, -0.25) is 15.0 Å². The van der Waals surface area contributed by atoms with Gasteiger partial charge in [0, 0.05) is 28.2 Å². The predicted octanol–water partition coefficient (Wildman–Crippen LogP) is 5.57. The number of benzene rings is 1. The van der Waals surface area contributed by atoms with Crippen molar-refractivity contribution in [1.29, 1.82) is 0 Å². The number of halogens is 1. The number of nitrogens with zero attached hydrogens (tertiary/aromatic N) is 1. The second-order valence-corrected chi connectivity index (χ2v) is 9.35. The number of nitrogens with one attached hydrogen (secondary N) is 2. The summed E-state index contributed by atoms with van der Waals surface area (Å²) in [5, 5.41) is 6.64. The highest BCUT2D eigenvalue weighted by Gasteiger charge is 2.25. The van der Waals surface area contributed by atoms with Crippen LogP contribution in [0.1, 0.15) is 54.9 Å². The number of amides is 3. The molecular formula is C22H31ClN4O2S. The molecule has 30 heavy (non-hydrogen) atoms. The molecule has 3 amide bonds. The summed E-state index contributed by atoms with van der Waals surface area (Å²) in [6.45, 7) is 9.32. The summed E-state index contributed by atoms with van der Waals surface area (Å²) < 4.78 is 0. The Hall–Kier alpha value is -2.09. The van der Waals surface area contributed by atoms with E-state index >= 15 is 0 Å². The van der Waals surface area contributed by atoms with E-state index < -0.39 is 11.9 Å². The predicted molar refractivity (Wildman–Crippen MR) is 127 cm³/mol. The van der Waals surface area contributed by atoms with Crippen molar-refractivity contribution >= 4 is 45.6 Å². The van der Waals surface area contributed by atoms with Gasteiger partial charge in [-0.15, -0.1) is 11.3 Å². The van der Waals surface area contributed by atoms with Crippen LogP contribution in [0.5, 0.6) is 0 Å². The molecule has 0 fully saturated rings. The molecule has 0 aliphatic carbocycles. The molecule has 0 saturated heterocycles. The Balaban J connectivity index is 2.30. The molecule has 0 spiro atoms. The van der Waals surface area contributed by atoms with Crippen LogP contribution >= 0.6 is 22.9 Å². The van der Waals surface area contributed by atoms with Crippen LogP contribution < -0.4 is 16.4 Å². The van der Waals surface area contributed by atoms with E-state index in [0.717, 1.165) is 23.3 Å². The lowest BCUT2D eigenvalue weighted by Crippen LogP contribution is -2.32. The number of hydrogen-bond donors (Lipinski definition) is 3. The smallest absolute Gasteiger partial charge is 0.324 e. The molecule has 1 atom stereocenters. The zero-order chi connectivity index (χ0) is 22.4. The van der Waals surface area contributed by atoms with Gasteiger partial charge in [-0.25, -0.2) is 4.79 Å². The highest BCUT2D eigenvalue weighted by Crippen LogP contribution is 2.35. The molecule has 6 nitrogen and oxygen atoms in total. The van der Waals surface area contributed by atoms with Crippen molar-refractivity contribution in [3.05, 3.63) is 45.3 Å². The minimum atomic E-state index is -0.526. The molecule has 1 heterocycles. The molecule has 0 saturated carbocycles. The first-order chi connectivity index (χ1) is 14.1. The lowest BCUT2D eigenvalue weighted by atomic mass is 10.0. The molecule has 0 aliphatic heterocycles. The number of carbonyl (C=O) groups excluding carboxylic acids is 2. The largest absolute Gasteiger partial charge is 0.365 e. The van der Waals surface area contributed by atoms with Gasteiger partial charge < -0.3 is 11.1 Å². The first kappa shape index (κ1) is 24.2. The maximum atomic E-state index is 12.5. The Morgan fingerprint density at radius 3 is 2.33 bits per heavy atom. The van der Waals surface area contributed by atoms with Gasteiger partial charge in [-0.1, -0.05) is 38.8 Å². The van der Waals surface area contributed by atoms with Crippen LogP contribution in [0.4, 0.5) is 15.5 Å². The summed E-state index contributed by atoms with van der Waals surface area (Å²) in [5.74, 6) is -0.0229. The van der Waals surface area contributed by atoms with Crippen LogP contribution in [0.25, 0.3) is 0 Å². The van der Waals surface area contributed by atoms with Crippen molar-refractivity contribution in [2.45, 2.75) is 53.1 Å². The SMILES string of the molecule is CCCc1c(CN(C)C(C)C(C)C)sc(NC(=O)Nc2ccc(Cl)cc2)c1C(N)=O. The van der Waals surface area contributed by atoms with E-state index in [-0.39, 0.29) is 0 Å².